The van der Waals surface area contributed by atoms with Crippen LogP contribution in [0.15, 0.2) is 15.3 Å². The standard InChI is InChI=1S/C10H11BrN2O/c1-6(2)3-9-8(11)4-7(5-12)10(14)13-9/h4,6H,3H2,1-2H3,(H,13,14). The molecule has 74 valence electrons. The number of pyridine rings is 1. The number of H-pyrrole nitrogens is 1. The maximum atomic E-state index is 11.3. The van der Waals surface area contributed by atoms with E-state index in [2.05, 4.69) is 34.8 Å². The van der Waals surface area contributed by atoms with Crippen molar-refractivity contribution in [2.45, 2.75) is 20.3 Å². The highest BCUT2D eigenvalue weighted by atomic mass is 79.9. The molecule has 0 saturated heterocycles. The van der Waals surface area contributed by atoms with Crippen molar-refractivity contribution in [3.05, 3.63) is 32.2 Å². The minimum absolute atomic E-state index is 0.143. The van der Waals surface area contributed by atoms with Gasteiger partial charge in [0.15, 0.2) is 0 Å². The third kappa shape index (κ3) is 2.46. The summed E-state index contributed by atoms with van der Waals surface area (Å²) in [4.78, 5) is 14.0. The molecule has 1 N–H and O–H groups in total. The highest BCUT2D eigenvalue weighted by Crippen LogP contribution is 2.16. The minimum Gasteiger partial charge on any atom is -0.324 e. The SMILES string of the molecule is CC(C)Cc1[nH]c(=O)c(C#N)cc1Br. The lowest BCUT2D eigenvalue weighted by Crippen LogP contribution is -2.14. The zero-order valence-electron chi connectivity index (χ0n) is 8.10. The van der Waals surface area contributed by atoms with Gasteiger partial charge in [0.25, 0.3) is 5.56 Å². The lowest BCUT2D eigenvalue weighted by atomic mass is 10.1. The Bertz CT molecular complexity index is 429. The first kappa shape index (κ1) is 11.0. The molecule has 0 atom stereocenters. The van der Waals surface area contributed by atoms with Gasteiger partial charge in [0.1, 0.15) is 11.6 Å². The second kappa shape index (κ2) is 4.43. The molecule has 0 bridgehead atoms. The Morgan fingerprint density at radius 1 is 1.64 bits per heavy atom. The van der Waals surface area contributed by atoms with Gasteiger partial charge in [-0.05, 0) is 34.3 Å². The van der Waals surface area contributed by atoms with E-state index >= 15 is 0 Å². The van der Waals surface area contributed by atoms with Crippen LogP contribution >= 0.6 is 15.9 Å². The maximum Gasteiger partial charge on any atom is 0.266 e. The van der Waals surface area contributed by atoms with Crippen molar-refractivity contribution < 1.29 is 0 Å². The van der Waals surface area contributed by atoms with Crippen LogP contribution in [0.3, 0.4) is 0 Å². The first-order valence-electron chi connectivity index (χ1n) is 4.36. The average Bonchev–Trinajstić information content (AvgIpc) is 2.10. The summed E-state index contributed by atoms with van der Waals surface area (Å²) in [6.07, 6.45) is 0.793. The molecule has 1 aromatic heterocycles. The van der Waals surface area contributed by atoms with Gasteiger partial charge in [-0.1, -0.05) is 13.8 Å². The molecule has 0 saturated carbocycles. The van der Waals surface area contributed by atoms with Crippen LogP contribution in [-0.4, -0.2) is 4.98 Å². The molecule has 1 heterocycles. The molecule has 0 aliphatic heterocycles. The van der Waals surface area contributed by atoms with E-state index in [9.17, 15) is 4.79 Å². The Labute approximate surface area is 90.9 Å². The zero-order chi connectivity index (χ0) is 10.7. The molecule has 0 unspecified atom stereocenters. The molecule has 1 aromatic rings. The fourth-order valence-corrected chi connectivity index (χ4v) is 1.67. The highest BCUT2D eigenvalue weighted by Gasteiger charge is 2.07. The first-order valence-corrected chi connectivity index (χ1v) is 5.15. The molecule has 4 heteroatoms. The number of nitrogens with zero attached hydrogens (tertiary/aromatic N) is 1. The second-order valence-corrected chi connectivity index (χ2v) is 4.40. The van der Waals surface area contributed by atoms with Crippen LogP contribution in [0.1, 0.15) is 25.1 Å². The van der Waals surface area contributed by atoms with Gasteiger partial charge in [0.05, 0.1) is 0 Å². The molecule has 0 aliphatic carbocycles. The summed E-state index contributed by atoms with van der Waals surface area (Å²) in [5.74, 6) is 0.467. The van der Waals surface area contributed by atoms with Crippen molar-refractivity contribution in [3.63, 3.8) is 0 Å². The second-order valence-electron chi connectivity index (χ2n) is 3.55. The van der Waals surface area contributed by atoms with Crippen LogP contribution in [0.5, 0.6) is 0 Å². The van der Waals surface area contributed by atoms with E-state index in [0.717, 1.165) is 16.6 Å². The number of halogens is 1. The highest BCUT2D eigenvalue weighted by molar-refractivity contribution is 9.10. The fraction of sp³-hybridized carbons (Fsp3) is 0.400. The van der Waals surface area contributed by atoms with E-state index in [1.165, 1.54) is 0 Å². The number of nitriles is 1. The predicted octanol–water partition coefficient (Wildman–Crippen LogP) is 2.21. The monoisotopic (exact) mass is 254 g/mol. The number of rotatable bonds is 2. The van der Waals surface area contributed by atoms with Crippen molar-refractivity contribution in [3.8, 4) is 6.07 Å². The lowest BCUT2D eigenvalue weighted by molar-refractivity contribution is 0.631. The summed E-state index contributed by atoms with van der Waals surface area (Å²) in [7, 11) is 0. The molecule has 0 fully saturated rings. The summed E-state index contributed by atoms with van der Waals surface area (Å²) in [6.45, 7) is 4.14. The van der Waals surface area contributed by atoms with E-state index < -0.39 is 0 Å². The Morgan fingerprint density at radius 3 is 2.79 bits per heavy atom. The van der Waals surface area contributed by atoms with Crippen molar-refractivity contribution in [2.24, 2.45) is 5.92 Å². The lowest BCUT2D eigenvalue weighted by Gasteiger charge is -2.06. The van der Waals surface area contributed by atoms with E-state index in [4.69, 9.17) is 5.26 Å². The van der Waals surface area contributed by atoms with Crippen molar-refractivity contribution in [1.82, 2.24) is 4.98 Å². The van der Waals surface area contributed by atoms with Crippen LogP contribution in [0.2, 0.25) is 0 Å². The summed E-state index contributed by atoms with van der Waals surface area (Å²) < 4.78 is 0.794. The molecule has 14 heavy (non-hydrogen) atoms. The molecule has 1 rings (SSSR count). The van der Waals surface area contributed by atoms with Crippen LogP contribution in [0.25, 0.3) is 0 Å². The van der Waals surface area contributed by atoms with Crippen LogP contribution in [0, 0.1) is 17.2 Å². The quantitative estimate of drug-likeness (QED) is 0.880. The molecular formula is C10H11BrN2O. The van der Waals surface area contributed by atoms with Gasteiger partial charge < -0.3 is 4.98 Å². The average molecular weight is 255 g/mol. The zero-order valence-corrected chi connectivity index (χ0v) is 9.68. The van der Waals surface area contributed by atoms with Crippen LogP contribution in [0.4, 0.5) is 0 Å². The molecular weight excluding hydrogens is 244 g/mol. The number of hydrogen-bond donors (Lipinski definition) is 1. The van der Waals surface area contributed by atoms with Gasteiger partial charge in [-0.3, -0.25) is 4.79 Å². The van der Waals surface area contributed by atoms with Crippen LogP contribution < -0.4 is 5.56 Å². The Morgan fingerprint density at radius 2 is 2.29 bits per heavy atom. The smallest absolute Gasteiger partial charge is 0.266 e. The Hall–Kier alpha value is -1.08. The maximum absolute atomic E-state index is 11.3. The summed E-state index contributed by atoms with van der Waals surface area (Å²) in [5, 5.41) is 8.62. The molecule has 0 amide bonds. The van der Waals surface area contributed by atoms with Gasteiger partial charge in [-0.2, -0.15) is 5.26 Å². The van der Waals surface area contributed by atoms with Crippen molar-refractivity contribution in [1.29, 1.82) is 5.26 Å². The summed E-state index contributed by atoms with van der Waals surface area (Å²) in [5.41, 5.74) is 0.680. The fourth-order valence-electron chi connectivity index (χ4n) is 1.18. The molecule has 0 aromatic carbocycles. The van der Waals surface area contributed by atoms with Gasteiger partial charge in [0, 0.05) is 10.2 Å². The largest absolute Gasteiger partial charge is 0.324 e. The van der Waals surface area contributed by atoms with E-state index in [-0.39, 0.29) is 11.1 Å². The van der Waals surface area contributed by atoms with Gasteiger partial charge >= 0.3 is 0 Å². The Kier molecular flexibility index (Phi) is 3.48. The van der Waals surface area contributed by atoms with Gasteiger partial charge in [0.2, 0.25) is 0 Å². The molecule has 3 nitrogen and oxygen atoms in total. The van der Waals surface area contributed by atoms with Crippen molar-refractivity contribution >= 4 is 15.9 Å². The normalized spacial score (nSPS) is 10.2. The van der Waals surface area contributed by atoms with E-state index in [1.54, 1.807) is 6.07 Å². The van der Waals surface area contributed by atoms with E-state index in [0.29, 0.717) is 5.92 Å². The minimum atomic E-state index is -0.314. The topological polar surface area (TPSA) is 56.6 Å². The first-order chi connectivity index (χ1) is 6.54. The van der Waals surface area contributed by atoms with Gasteiger partial charge in [-0.25, -0.2) is 0 Å². The van der Waals surface area contributed by atoms with E-state index in [1.807, 2.05) is 6.07 Å². The number of nitrogens with one attached hydrogen (secondary N) is 1. The predicted molar refractivity (Wildman–Crippen MR) is 58.0 cm³/mol. The Balaban J connectivity index is 3.17. The van der Waals surface area contributed by atoms with Gasteiger partial charge in [-0.15, -0.1) is 0 Å². The molecule has 0 spiro atoms. The molecule has 0 aliphatic rings. The third-order valence-electron chi connectivity index (χ3n) is 1.80. The molecule has 0 radical (unpaired) electrons. The summed E-state index contributed by atoms with van der Waals surface area (Å²) in [6, 6.07) is 3.41. The number of hydrogen-bond acceptors (Lipinski definition) is 2. The number of aromatic nitrogens is 1. The third-order valence-corrected chi connectivity index (χ3v) is 2.51. The summed E-state index contributed by atoms with van der Waals surface area (Å²) >= 11 is 3.33. The van der Waals surface area contributed by atoms with Crippen molar-refractivity contribution in [2.75, 3.05) is 0 Å². The number of aromatic amines is 1. The van der Waals surface area contributed by atoms with Crippen LogP contribution in [-0.2, 0) is 6.42 Å².